The predicted molar refractivity (Wildman–Crippen MR) is 74.7 cm³/mol. The topological polar surface area (TPSA) is 49.4 Å². The summed E-state index contributed by atoms with van der Waals surface area (Å²) in [6, 6.07) is 7.21. The molecule has 1 aromatic rings. The molecule has 0 aromatic heterocycles. The van der Waals surface area contributed by atoms with E-state index in [9.17, 15) is 9.59 Å². The minimum Gasteiger partial charge on any atom is -0.354 e. The number of amides is 2. The average Bonchev–Trinajstić information content (AvgIpc) is 2.62. The molecular formula is C14H15ClN2O2. The van der Waals surface area contributed by atoms with Gasteiger partial charge < -0.3 is 10.2 Å². The maximum Gasteiger partial charge on any atom is 0.247 e. The van der Waals surface area contributed by atoms with Crippen molar-refractivity contribution in [2.45, 2.75) is 6.42 Å². The zero-order chi connectivity index (χ0) is 13.7. The molecule has 1 aromatic carbocycles. The highest BCUT2D eigenvalue weighted by Gasteiger charge is 2.17. The fourth-order valence-electron chi connectivity index (χ4n) is 1.84. The van der Waals surface area contributed by atoms with E-state index in [1.165, 1.54) is 6.08 Å². The number of benzene rings is 1. The molecule has 5 heteroatoms. The van der Waals surface area contributed by atoms with E-state index in [1.807, 2.05) is 12.1 Å². The fraction of sp³-hybridized carbons (Fsp3) is 0.286. The van der Waals surface area contributed by atoms with Crippen molar-refractivity contribution in [3.05, 3.63) is 40.9 Å². The summed E-state index contributed by atoms with van der Waals surface area (Å²) in [5.41, 5.74) is 0.900. The molecule has 0 radical (unpaired) electrons. The smallest absolute Gasteiger partial charge is 0.247 e. The predicted octanol–water partition coefficient (Wildman–Crippen LogP) is 1.70. The lowest BCUT2D eigenvalue weighted by molar-refractivity contribution is -0.131. The number of hydrogen-bond donors (Lipinski definition) is 1. The van der Waals surface area contributed by atoms with Gasteiger partial charge in [0.05, 0.1) is 6.54 Å². The number of rotatable bonds is 2. The van der Waals surface area contributed by atoms with Crippen LogP contribution in [0.4, 0.5) is 0 Å². The van der Waals surface area contributed by atoms with Crippen molar-refractivity contribution in [2.75, 3.05) is 19.6 Å². The second-order valence-electron chi connectivity index (χ2n) is 4.35. The lowest BCUT2D eigenvalue weighted by Crippen LogP contribution is -2.36. The molecule has 1 heterocycles. The van der Waals surface area contributed by atoms with Crippen LogP contribution in [0.15, 0.2) is 30.3 Å². The van der Waals surface area contributed by atoms with Crippen molar-refractivity contribution >= 4 is 29.5 Å². The lowest BCUT2D eigenvalue weighted by Gasteiger charge is -2.16. The van der Waals surface area contributed by atoms with E-state index in [4.69, 9.17) is 11.6 Å². The van der Waals surface area contributed by atoms with E-state index in [0.717, 1.165) is 12.0 Å². The summed E-state index contributed by atoms with van der Waals surface area (Å²) in [6.07, 6.45) is 4.00. The monoisotopic (exact) mass is 278 g/mol. The highest BCUT2D eigenvalue weighted by atomic mass is 35.5. The van der Waals surface area contributed by atoms with E-state index >= 15 is 0 Å². The van der Waals surface area contributed by atoms with Crippen molar-refractivity contribution in [3.63, 3.8) is 0 Å². The van der Waals surface area contributed by atoms with Gasteiger partial charge in [0.1, 0.15) is 0 Å². The number of nitrogens with one attached hydrogen (secondary N) is 1. The van der Waals surface area contributed by atoms with Gasteiger partial charge in [0.2, 0.25) is 11.8 Å². The van der Waals surface area contributed by atoms with Crippen LogP contribution in [0.25, 0.3) is 6.08 Å². The quantitative estimate of drug-likeness (QED) is 0.837. The molecule has 0 saturated carbocycles. The third-order valence-corrected chi connectivity index (χ3v) is 3.11. The molecule has 1 saturated heterocycles. The molecule has 0 spiro atoms. The van der Waals surface area contributed by atoms with Crippen molar-refractivity contribution in [1.29, 1.82) is 0 Å². The molecule has 2 rings (SSSR count). The standard InChI is InChI=1S/C14H15ClN2O2/c15-12-5-2-11(3-6-12)4-7-14(19)17-9-1-8-16-13(18)10-17/h2-7H,1,8-10H2,(H,16,18). The Labute approximate surface area is 117 Å². The normalized spacial score (nSPS) is 16.3. The van der Waals surface area contributed by atoms with Crippen molar-refractivity contribution in [3.8, 4) is 0 Å². The first kappa shape index (κ1) is 13.6. The summed E-state index contributed by atoms with van der Waals surface area (Å²) in [5, 5.41) is 3.40. The first-order valence-corrected chi connectivity index (χ1v) is 6.52. The largest absolute Gasteiger partial charge is 0.354 e. The van der Waals surface area contributed by atoms with E-state index in [2.05, 4.69) is 5.32 Å². The third kappa shape index (κ3) is 4.10. The van der Waals surface area contributed by atoms with Gasteiger partial charge in [-0.3, -0.25) is 9.59 Å². The number of carbonyl (C=O) groups excluding carboxylic acids is 2. The van der Waals surface area contributed by atoms with E-state index < -0.39 is 0 Å². The summed E-state index contributed by atoms with van der Waals surface area (Å²) in [6.45, 7) is 1.36. The molecule has 0 bridgehead atoms. The van der Waals surface area contributed by atoms with Gasteiger partial charge in [-0.2, -0.15) is 0 Å². The van der Waals surface area contributed by atoms with Crippen LogP contribution in [0.2, 0.25) is 5.02 Å². The summed E-state index contributed by atoms with van der Waals surface area (Å²) < 4.78 is 0. The van der Waals surface area contributed by atoms with E-state index in [1.54, 1.807) is 23.1 Å². The summed E-state index contributed by atoms with van der Waals surface area (Å²) >= 11 is 5.79. The third-order valence-electron chi connectivity index (χ3n) is 2.86. The Kier molecular flexibility index (Phi) is 4.58. The number of hydrogen-bond acceptors (Lipinski definition) is 2. The van der Waals surface area contributed by atoms with Gasteiger partial charge in [-0.15, -0.1) is 0 Å². The molecule has 0 atom stereocenters. The van der Waals surface area contributed by atoms with Gasteiger partial charge in [-0.1, -0.05) is 23.7 Å². The fourth-order valence-corrected chi connectivity index (χ4v) is 1.97. The van der Waals surface area contributed by atoms with E-state index in [-0.39, 0.29) is 18.4 Å². The summed E-state index contributed by atoms with van der Waals surface area (Å²) in [4.78, 5) is 24.9. The average molecular weight is 279 g/mol. The van der Waals surface area contributed by atoms with Crippen LogP contribution in [0.3, 0.4) is 0 Å². The Morgan fingerprint density at radius 3 is 2.79 bits per heavy atom. The number of halogens is 1. The molecule has 0 unspecified atom stereocenters. The molecule has 19 heavy (non-hydrogen) atoms. The van der Waals surface area contributed by atoms with Crippen molar-refractivity contribution < 1.29 is 9.59 Å². The maximum atomic E-state index is 12.0. The van der Waals surface area contributed by atoms with E-state index in [0.29, 0.717) is 18.1 Å². The van der Waals surface area contributed by atoms with Gasteiger partial charge in [-0.25, -0.2) is 0 Å². The van der Waals surface area contributed by atoms with Crippen LogP contribution < -0.4 is 5.32 Å². The molecule has 2 amide bonds. The Balaban J connectivity index is 1.99. The molecular weight excluding hydrogens is 264 g/mol. The Morgan fingerprint density at radius 2 is 2.05 bits per heavy atom. The Hall–Kier alpha value is -1.81. The molecule has 1 aliphatic heterocycles. The molecule has 0 aliphatic carbocycles. The van der Waals surface area contributed by atoms with Gasteiger partial charge in [0, 0.05) is 24.2 Å². The summed E-state index contributed by atoms with van der Waals surface area (Å²) in [7, 11) is 0. The first-order chi connectivity index (χ1) is 9.15. The number of nitrogens with zero attached hydrogens (tertiary/aromatic N) is 1. The van der Waals surface area contributed by atoms with Gasteiger partial charge in [0.15, 0.2) is 0 Å². The SMILES string of the molecule is O=C1CN(C(=O)C=Cc2ccc(Cl)cc2)CCCN1. The van der Waals surface area contributed by atoms with Gasteiger partial charge in [0.25, 0.3) is 0 Å². The van der Waals surface area contributed by atoms with Crippen LogP contribution in [-0.4, -0.2) is 36.3 Å². The first-order valence-electron chi connectivity index (χ1n) is 6.14. The molecule has 1 fully saturated rings. The molecule has 100 valence electrons. The lowest BCUT2D eigenvalue weighted by atomic mass is 10.2. The van der Waals surface area contributed by atoms with Crippen LogP contribution in [0.1, 0.15) is 12.0 Å². The zero-order valence-corrected chi connectivity index (χ0v) is 11.2. The zero-order valence-electron chi connectivity index (χ0n) is 10.4. The highest BCUT2D eigenvalue weighted by molar-refractivity contribution is 6.30. The molecule has 1 N–H and O–H groups in total. The highest BCUT2D eigenvalue weighted by Crippen LogP contribution is 2.11. The van der Waals surface area contributed by atoms with Crippen LogP contribution >= 0.6 is 11.6 Å². The molecule has 4 nitrogen and oxygen atoms in total. The second-order valence-corrected chi connectivity index (χ2v) is 4.78. The Bertz CT molecular complexity index is 497. The van der Waals surface area contributed by atoms with Crippen LogP contribution in [-0.2, 0) is 9.59 Å². The van der Waals surface area contributed by atoms with Gasteiger partial charge in [-0.05, 0) is 30.2 Å². The minimum atomic E-state index is -0.146. The minimum absolute atomic E-state index is 0.106. The van der Waals surface area contributed by atoms with Crippen molar-refractivity contribution in [2.24, 2.45) is 0 Å². The van der Waals surface area contributed by atoms with Gasteiger partial charge >= 0.3 is 0 Å². The second kappa shape index (κ2) is 6.38. The number of carbonyl (C=O) groups is 2. The summed E-state index contributed by atoms with van der Waals surface area (Å²) in [5.74, 6) is -0.252. The van der Waals surface area contributed by atoms with Crippen molar-refractivity contribution in [1.82, 2.24) is 10.2 Å². The maximum absolute atomic E-state index is 12.0. The molecule has 1 aliphatic rings. The van der Waals surface area contributed by atoms with Crippen LogP contribution in [0, 0.1) is 0 Å². The Morgan fingerprint density at radius 1 is 1.32 bits per heavy atom. The van der Waals surface area contributed by atoms with Crippen LogP contribution in [0.5, 0.6) is 0 Å².